The van der Waals surface area contributed by atoms with E-state index >= 15 is 0 Å². The maximum Gasteiger partial charge on any atom is 0.311 e. The van der Waals surface area contributed by atoms with E-state index in [0.717, 1.165) is 6.42 Å². The van der Waals surface area contributed by atoms with E-state index in [1.165, 1.54) is 0 Å². The molecule has 0 bridgehead atoms. The van der Waals surface area contributed by atoms with Crippen LogP contribution in [-0.4, -0.2) is 42.9 Å². The third-order valence-electron chi connectivity index (χ3n) is 2.34. The van der Waals surface area contributed by atoms with Crippen LogP contribution >= 0.6 is 0 Å². The predicted octanol–water partition coefficient (Wildman–Crippen LogP) is -1.07. The number of nitrogens with one attached hydrogen (secondary N) is 1. The van der Waals surface area contributed by atoms with Crippen molar-refractivity contribution in [3.8, 4) is 0 Å². The van der Waals surface area contributed by atoms with Crippen LogP contribution in [0.5, 0.6) is 0 Å². The highest BCUT2D eigenvalue weighted by atomic mass is 16.2. The fourth-order valence-electron chi connectivity index (χ4n) is 1.52. The molecule has 0 aromatic heterocycles. The number of likely N-dealkylation sites (tertiary alicyclic amines) is 1. The van der Waals surface area contributed by atoms with Gasteiger partial charge in [0.15, 0.2) is 0 Å². The van der Waals surface area contributed by atoms with E-state index in [9.17, 15) is 9.59 Å². The van der Waals surface area contributed by atoms with Gasteiger partial charge >= 0.3 is 11.8 Å². The van der Waals surface area contributed by atoms with Crippen molar-refractivity contribution in [2.45, 2.75) is 13.3 Å². The molecule has 3 N–H and O–H groups in total. The highest BCUT2D eigenvalue weighted by Gasteiger charge is 2.27. The van der Waals surface area contributed by atoms with Gasteiger partial charge in [-0.2, -0.15) is 0 Å². The van der Waals surface area contributed by atoms with Crippen molar-refractivity contribution in [2.24, 2.45) is 11.7 Å². The van der Waals surface area contributed by atoms with E-state index in [0.29, 0.717) is 32.1 Å². The van der Waals surface area contributed by atoms with Gasteiger partial charge in [0.05, 0.1) is 0 Å². The van der Waals surface area contributed by atoms with Crippen LogP contribution in [0.15, 0.2) is 0 Å². The number of amides is 2. The summed E-state index contributed by atoms with van der Waals surface area (Å²) < 4.78 is 0. The molecule has 0 saturated carbocycles. The summed E-state index contributed by atoms with van der Waals surface area (Å²) in [7, 11) is 0. The van der Waals surface area contributed by atoms with Crippen LogP contribution in [0, 0.1) is 5.92 Å². The van der Waals surface area contributed by atoms with Gasteiger partial charge < -0.3 is 16.0 Å². The van der Waals surface area contributed by atoms with Crippen LogP contribution in [-0.2, 0) is 9.59 Å². The molecule has 5 nitrogen and oxygen atoms in total. The average Bonchev–Trinajstić information content (AvgIpc) is 2.60. The quantitative estimate of drug-likeness (QED) is 0.556. The van der Waals surface area contributed by atoms with Crippen molar-refractivity contribution >= 4 is 11.8 Å². The smallest absolute Gasteiger partial charge is 0.311 e. The summed E-state index contributed by atoms with van der Waals surface area (Å²) in [5.74, 6) is -0.464. The number of nitrogens with zero attached hydrogens (tertiary/aromatic N) is 1. The van der Waals surface area contributed by atoms with E-state index < -0.39 is 11.8 Å². The Bertz CT molecular complexity index is 230. The molecule has 0 spiro atoms. The SMILES string of the molecule is CC1CCN(C(=O)C(=O)NCCN)C1. The molecule has 2 amide bonds. The lowest BCUT2D eigenvalue weighted by molar-refractivity contribution is -0.145. The third kappa shape index (κ3) is 2.70. The molecule has 14 heavy (non-hydrogen) atoms. The fourth-order valence-corrected chi connectivity index (χ4v) is 1.52. The summed E-state index contributed by atoms with van der Waals surface area (Å²) in [5, 5.41) is 2.47. The highest BCUT2D eigenvalue weighted by molar-refractivity contribution is 6.35. The number of hydrogen-bond acceptors (Lipinski definition) is 3. The van der Waals surface area contributed by atoms with E-state index in [2.05, 4.69) is 12.2 Å². The Morgan fingerprint density at radius 2 is 2.29 bits per heavy atom. The lowest BCUT2D eigenvalue weighted by atomic mass is 10.2. The van der Waals surface area contributed by atoms with E-state index in [-0.39, 0.29) is 0 Å². The summed E-state index contributed by atoms with van der Waals surface area (Å²) in [6.45, 7) is 4.17. The second-order valence-corrected chi connectivity index (χ2v) is 3.69. The van der Waals surface area contributed by atoms with Crippen LogP contribution in [0.2, 0.25) is 0 Å². The van der Waals surface area contributed by atoms with Crippen molar-refractivity contribution in [1.82, 2.24) is 10.2 Å². The van der Waals surface area contributed by atoms with Crippen LogP contribution in [0.4, 0.5) is 0 Å². The van der Waals surface area contributed by atoms with E-state index in [4.69, 9.17) is 5.73 Å². The molecule has 0 aromatic rings. The maximum absolute atomic E-state index is 11.5. The number of carbonyl (C=O) groups excluding carboxylic acids is 2. The first-order chi connectivity index (χ1) is 6.65. The highest BCUT2D eigenvalue weighted by Crippen LogP contribution is 2.14. The Morgan fingerprint density at radius 1 is 1.57 bits per heavy atom. The topological polar surface area (TPSA) is 75.4 Å². The third-order valence-corrected chi connectivity index (χ3v) is 2.34. The summed E-state index contributed by atoms with van der Waals surface area (Å²) in [6, 6.07) is 0. The maximum atomic E-state index is 11.5. The minimum atomic E-state index is -0.537. The Labute approximate surface area is 83.6 Å². The summed E-state index contributed by atoms with van der Waals surface area (Å²) in [6.07, 6.45) is 0.982. The molecular weight excluding hydrogens is 182 g/mol. The van der Waals surface area contributed by atoms with E-state index in [1.807, 2.05) is 0 Å². The second kappa shape index (κ2) is 4.95. The van der Waals surface area contributed by atoms with Crippen LogP contribution in [0.25, 0.3) is 0 Å². The molecular formula is C9H17N3O2. The average molecular weight is 199 g/mol. The van der Waals surface area contributed by atoms with Crippen molar-refractivity contribution in [3.63, 3.8) is 0 Å². The fraction of sp³-hybridized carbons (Fsp3) is 0.778. The molecule has 1 aliphatic heterocycles. The number of carbonyl (C=O) groups is 2. The van der Waals surface area contributed by atoms with Gasteiger partial charge in [-0.1, -0.05) is 6.92 Å². The predicted molar refractivity (Wildman–Crippen MR) is 52.4 cm³/mol. The number of nitrogens with two attached hydrogens (primary N) is 1. The first-order valence-electron chi connectivity index (χ1n) is 4.92. The normalized spacial score (nSPS) is 21.0. The van der Waals surface area contributed by atoms with Gasteiger partial charge in [-0.25, -0.2) is 0 Å². The molecule has 1 saturated heterocycles. The molecule has 80 valence electrons. The van der Waals surface area contributed by atoms with Gasteiger partial charge in [-0.15, -0.1) is 0 Å². The minimum absolute atomic E-state index is 0.355. The van der Waals surface area contributed by atoms with Crippen LogP contribution < -0.4 is 11.1 Å². The van der Waals surface area contributed by atoms with Gasteiger partial charge in [0, 0.05) is 26.2 Å². The van der Waals surface area contributed by atoms with Crippen molar-refractivity contribution in [2.75, 3.05) is 26.2 Å². The summed E-state index contributed by atoms with van der Waals surface area (Å²) in [4.78, 5) is 24.3. The zero-order valence-corrected chi connectivity index (χ0v) is 8.45. The van der Waals surface area contributed by atoms with Crippen molar-refractivity contribution in [1.29, 1.82) is 0 Å². The lowest BCUT2D eigenvalue weighted by Gasteiger charge is -2.14. The molecule has 0 aromatic carbocycles. The van der Waals surface area contributed by atoms with Gasteiger partial charge in [-0.3, -0.25) is 9.59 Å². The zero-order chi connectivity index (χ0) is 10.6. The number of rotatable bonds is 2. The molecule has 0 radical (unpaired) electrons. The molecule has 1 fully saturated rings. The first-order valence-corrected chi connectivity index (χ1v) is 4.92. The van der Waals surface area contributed by atoms with Gasteiger partial charge in [0.1, 0.15) is 0 Å². The zero-order valence-electron chi connectivity index (χ0n) is 8.45. The lowest BCUT2D eigenvalue weighted by Crippen LogP contribution is -2.43. The second-order valence-electron chi connectivity index (χ2n) is 3.69. The van der Waals surface area contributed by atoms with Gasteiger partial charge in [0.2, 0.25) is 0 Å². The van der Waals surface area contributed by atoms with Crippen LogP contribution in [0.1, 0.15) is 13.3 Å². The summed E-state index contributed by atoms with van der Waals surface area (Å²) in [5.41, 5.74) is 5.21. The van der Waals surface area contributed by atoms with Gasteiger partial charge in [-0.05, 0) is 12.3 Å². The first kappa shape index (κ1) is 11.0. The molecule has 1 rings (SSSR count). The molecule has 5 heteroatoms. The van der Waals surface area contributed by atoms with Crippen LogP contribution in [0.3, 0.4) is 0 Å². The summed E-state index contributed by atoms with van der Waals surface area (Å²) >= 11 is 0. The molecule has 1 unspecified atom stereocenters. The monoisotopic (exact) mass is 199 g/mol. The molecule has 1 aliphatic rings. The molecule has 0 aliphatic carbocycles. The Hall–Kier alpha value is -1.10. The number of hydrogen-bond donors (Lipinski definition) is 2. The molecule has 1 heterocycles. The Balaban J connectivity index is 2.37. The van der Waals surface area contributed by atoms with E-state index in [1.54, 1.807) is 4.90 Å². The Kier molecular flexibility index (Phi) is 3.88. The molecule has 1 atom stereocenters. The Morgan fingerprint density at radius 3 is 2.79 bits per heavy atom. The largest absolute Gasteiger partial charge is 0.347 e. The van der Waals surface area contributed by atoms with Gasteiger partial charge in [0.25, 0.3) is 0 Å². The standard InChI is InChI=1S/C9H17N3O2/c1-7-2-5-12(6-7)9(14)8(13)11-4-3-10/h7H,2-6,10H2,1H3,(H,11,13). The minimum Gasteiger partial charge on any atom is -0.347 e. The van der Waals surface area contributed by atoms with Crippen molar-refractivity contribution < 1.29 is 9.59 Å². The van der Waals surface area contributed by atoms with Crippen molar-refractivity contribution in [3.05, 3.63) is 0 Å².